The van der Waals surface area contributed by atoms with E-state index in [2.05, 4.69) is 13.0 Å². The van der Waals surface area contributed by atoms with Crippen LogP contribution in [0.5, 0.6) is 0 Å². The zero-order valence-corrected chi connectivity index (χ0v) is 6.09. The molecule has 0 aliphatic carbocycles. The molecule has 0 rings (SSSR count). The van der Waals surface area contributed by atoms with Crippen LogP contribution in [0.25, 0.3) is 0 Å². The molecule has 0 spiro atoms. The highest BCUT2D eigenvalue weighted by atomic mass is 16.2. The average Bonchev–Trinajstić information content (AvgIpc) is 1.85. The van der Waals surface area contributed by atoms with E-state index in [1.165, 1.54) is 5.57 Å². The van der Waals surface area contributed by atoms with Gasteiger partial charge in [-0.15, -0.1) is 0 Å². The van der Waals surface area contributed by atoms with Crippen LogP contribution < -0.4 is 0 Å². The summed E-state index contributed by atoms with van der Waals surface area (Å²) in [6.07, 6.45) is 6.83. The molecule has 9 heavy (non-hydrogen) atoms. The first-order chi connectivity index (χ1) is 4.31. The third-order valence-corrected chi connectivity index (χ3v) is 1.01. The van der Waals surface area contributed by atoms with E-state index in [1.54, 1.807) is 6.08 Å². The van der Waals surface area contributed by atoms with Crippen molar-refractivity contribution in [3.8, 4) is 0 Å². The second-order valence-electron chi connectivity index (χ2n) is 1.94. The van der Waals surface area contributed by atoms with Crippen molar-refractivity contribution in [2.24, 2.45) is 0 Å². The zero-order valence-electron chi connectivity index (χ0n) is 6.09. The van der Waals surface area contributed by atoms with Crippen molar-refractivity contribution in [3.05, 3.63) is 23.8 Å². The van der Waals surface area contributed by atoms with E-state index < -0.39 is 0 Å². The van der Waals surface area contributed by atoms with Crippen molar-refractivity contribution in [2.45, 2.75) is 20.3 Å². The van der Waals surface area contributed by atoms with Crippen molar-refractivity contribution in [1.29, 1.82) is 0 Å². The molecule has 0 aromatic carbocycles. The van der Waals surface area contributed by atoms with Crippen LogP contribution >= 0.6 is 0 Å². The molecule has 1 nitrogen and oxygen atoms in total. The van der Waals surface area contributed by atoms with Gasteiger partial charge < -0.3 is 5.11 Å². The third-order valence-electron chi connectivity index (χ3n) is 1.01. The molecule has 52 valence electrons. The number of aliphatic hydroxyl groups is 1. The monoisotopic (exact) mass is 126 g/mol. The van der Waals surface area contributed by atoms with Gasteiger partial charge in [-0.1, -0.05) is 30.7 Å². The van der Waals surface area contributed by atoms with Gasteiger partial charge in [0.05, 0.1) is 6.61 Å². The SMILES string of the molecule is CC/C=C(C)\C=C\CO. The highest BCUT2D eigenvalue weighted by Crippen LogP contribution is 1.95. The molecule has 0 heterocycles. The predicted octanol–water partition coefficient (Wildman–Crippen LogP) is 1.89. The van der Waals surface area contributed by atoms with Crippen LogP contribution in [0.2, 0.25) is 0 Å². The van der Waals surface area contributed by atoms with Gasteiger partial charge in [0.2, 0.25) is 0 Å². The quantitative estimate of drug-likeness (QED) is 0.572. The zero-order chi connectivity index (χ0) is 7.11. The molecule has 0 aliphatic heterocycles. The van der Waals surface area contributed by atoms with Crippen LogP contribution in [0.1, 0.15) is 20.3 Å². The molecule has 0 radical (unpaired) electrons. The van der Waals surface area contributed by atoms with Crippen LogP contribution in [-0.4, -0.2) is 11.7 Å². The fourth-order valence-electron chi connectivity index (χ4n) is 0.629. The minimum atomic E-state index is 0.134. The maximum Gasteiger partial charge on any atom is 0.0615 e. The van der Waals surface area contributed by atoms with E-state index in [9.17, 15) is 0 Å². The van der Waals surface area contributed by atoms with Crippen molar-refractivity contribution in [3.63, 3.8) is 0 Å². The molecule has 0 atom stereocenters. The van der Waals surface area contributed by atoms with Crippen LogP contribution in [0.3, 0.4) is 0 Å². The summed E-state index contributed by atoms with van der Waals surface area (Å²) in [6.45, 7) is 4.25. The standard InChI is InChI=1S/C8H14O/c1-3-5-8(2)6-4-7-9/h4-6,9H,3,7H2,1-2H3/b6-4+,8-5-. The second kappa shape index (κ2) is 5.57. The number of hydrogen-bond acceptors (Lipinski definition) is 1. The van der Waals surface area contributed by atoms with E-state index in [1.807, 2.05) is 13.0 Å². The van der Waals surface area contributed by atoms with Crippen LogP contribution in [-0.2, 0) is 0 Å². The Morgan fingerprint density at radius 2 is 2.22 bits per heavy atom. The molecule has 0 amide bonds. The van der Waals surface area contributed by atoms with Crippen LogP contribution in [0.15, 0.2) is 23.8 Å². The fraction of sp³-hybridized carbons (Fsp3) is 0.500. The Morgan fingerprint density at radius 3 is 2.67 bits per heavy atom. The minimum absolute atomic E-state index is 0.134. The highest BCUT2D eigenvalue weighted by molar-refractivity contribution is 5.15. The third kappa shape index (κ3) is 5.31. The molecule has 0 bridgehead atoms. The molecule has 0 aromatic rings. The van der Waals surface area contributed by atoms with Gasteiger partial charge in [0.15, 0.2) is 0 Å². The lowest BCUT2D eigenvalue weighted by Crippen LogP contribution is -1.72. The molecule has 0 saturated carbocycles. The Kier molecular flexibility index (Phi) is 5.23. The van der Waals surface area contributed by atoms with Crippen molar-refractivity contribution in [2.75, 3.05) is 6.61 Å². The first-order valence-electron chi connectivity index (χ1n) is 3.25. The van der Waals surface area contributed by atoms with Gasteiger partial charge in [-0.3, -0.25) is 0 Å². The summed E-state index contributed by atoms with van der Waals surface area (Å²) >= 11 is 0. The molecule has 1 heteroatoms. The molecule has 0 fully saturated rings. The summed E-state index contributed by atoms with van der Waals surface area (Å²) < 4.78 is 0. The Labute approximate surface area is 56.7 Å². The second-order valence-corrected chi connectivity index (χ2v) is 1.94. The summed E-state index contributed by atoms with van der Waals surface area (Å²) in [7, 11) is 0. The first kappa shape index (κ1) is 8.44. The number of rotatable bonds is 3. The van der Waals surface area contributed by atoms with Gasteiger partial charge in [-0.2, -0.15) is 0 Å². The van der Waals surface area contributed by atoms with Gasteiger partial charge >= 0.3 is 0 Å². The van der Waals surface area contributed by atoms with Gasteiger partial charge in [0, 0.05) is 0 Å². The van der Waals surface area contributed by atoms with Gasteiger partial charge in [0.25, 0.3) is 0 Å². The van der Waals surface area contributed by atoms with E-state index >= 15 is 0 Å². The average molecular weight is 126 g/mol. The smallest absolute Gasteiger partial charge is 0.0615 e. The normalized spacial score (nSPS) is 13.0. The van der Waals surface area contributed by atoms with E-state index in [-0.39, 0.29) is 6.61 Å². The predicted molar refractivity (Wildman–Crippen MR) is 40.3 cm³/mol. The molecule has 1 N–H and O–H groups in total. The van der Waals surface area contributed by atoms with Crippen molar-refractivity contribution < 1.29 is 5.11 Å². The van der Waals surface area contributed by atoms with Crippen molar-refractivity contribution in [1.82, 2.24) is 0 Å². The first-order valence-corrected chi connectivity index (χ1v) is 3.25. The lowest BCUT2D eigenvalue weighted by Gasteiger charge is -1.87. The largest absolute Gasteiger partial charge is 0.392 e. The number of aliphatic hydroxyl groups excluding tert-OH is 1. The van der Waals surface area contributed by atoms with Crippen LogP contribution in [0.4, 0.5) is 0 Å². The topological polar surface area (TPSA) is 20.2 Å². The van der Waals surface area contributed by atoms with E-state index in [4.69, 9.17) is 5.11 Å². The Morgan fingerprint density at radius 1 is 1.56 bits per heavy atom. The molecule has 0 saturated heterocycles. The Bertz CT molecular complexity index is 112. The lowest BCUT2D eigenvalue weighted by molar-refractivity contribution is 0.342. The molecular formula is C8H14O. The van der Waals surface area contributed by atoms with Gasteiger partial charge in [0.1, 0.15) is 0 Å². The van der Waals surface area contributed by atoms with Crippen LogP contribution in [0, 0.1) is 0 Å². The summed E-state index contributed by atoms with van der Waals surface area (Å²) in [4.78, 5) is 0. The molecule has 0 aromatic heterocycles. The number of allylic oxidation sites excluding steroid dienone is 3. The fourth-order valence-corrected chi connectivity index (χ4v) is 0.629. The Balaban J connectivity index is 3.60. The summed E-state index contributed by atoms with van der Waals surface area (Å²) in [6, 6.07) is 0. The molecular weight excluding hydrogens is 112 g/mol. The molecule has 0 unspecified atom stereocenters. The van der Waals surface area contributed by atoms with E-state index in [0.717, 1.165) is 6.42 Å². The highest BCUT2D eigenvalue weighted by Gasteiger charge is 1.76. The Hall–Kier alpha value is -0.560. The maximum absolute atomic E-state index is 8.37. The molecule has 0 aliphatic rings. The summed E-state index contributed by atoms with van der Waals surface area (Å²) in [5, 5.41) is 8.37. The number of hydrogen-bond donors (Lipinski definition) is 1. The van der Waals surface area contributed by atoms with Gasteiger partial charge in [-0.25, -0.2) is 0 Å². The van der Waals surface area contributed by atoms with Crippen molar-refractivity contribution >= 4 is 0 Å². The lowest BCUT2D eigenvalue weighted by atomic mass is 10.2. The summed E-state index contributed by atoms with van der Waals surface area (Å²) in [5.41, 5.74) is 1.21. The van der Waals surface area contributed by atoms with Gasteiger partial charge in [-0.05, 0) is 13.3 Å². The minimum Gasteiger partial charge on any atom is -0.392 e. The van der Waals surface area contributed by atoms with E-state index in [0.29, 0.717) is 0 Å². The summed E-state index contributed by atoms with van der Waals surface area (Å²) in [5.74, 6) is 0. The maximum atomic E-state index is 8.37.